The van der Waals surface area contributed by atoms with Gasteiger partial charge < -0.3 is 14.2 Å². The number of rotatable bonds is 3. The van der Waals surface area contributed by atoms with Gasteiger partial charge in [0.15, 0.2) is 0 Å². The molecule has 2 bridgehead atoms. The van der Waals surface area contributed by atoms with Crippen LogP contribution in [0.15, 0.2) is 0 Å². The van der Waals surface area contributed by atoms with Gasteiger partial charge in [0.2, 0.25) is 0 Å². The van der Waals surface area contributed by atoms with Gasteiger partial charge in [0.25, 0.3) is 0 Å². The molecule has 5 atom stereocenters. The minimum absolute atomic E-state index is 0.0265. The van der Waals surface area contributed by atoms with Gasteiger partial charge in [-0.25, -0.2) is 0 Å². The molecule has 0 aromatic carbocycles. The van der Waals surface area contributed by atoms with E-state index in [0.29, 0.717) is 13.0 Å². The van der Waals surface area contributed by atoms with Gasteiger partial charge >= 0.3 is 11.9 Å². The number of esters is 2. The number of hydrogen-bond acceptors (Lipinski definition) is 5. The summed E-state index contributed by atoms with van der Waals surface area (Å²) in [4.78, 5) is 24.2. The third-order valence-electron chi connectivity index (χ3n) is 4.81. The Morgan fingerprint density at radius 2 is 2.25 bits per heavy atom. The Morgan fingerprint density at radius 1 is 1.45 bits per heavy atom. The highest BCUT2D eigenvalue weighted by Gasteiger charge is 2.56. The van der Waals surface area contributed by atoms with Crippen LogP contribution in [-0.2, 0) is 23.8 Å². The van der Waals surface area contributed by atoms with Gasteiger partial charge in [-0.3, -0.25) is 9.59 Å². The maximum absolute atomic E-state index is 12.3. The lowest BCUT2D eigenvalue weighted by atomic mass is 9.69. The molecular formula is C15H22O5. The zero-order valence-corrected chi connectivity index (χ0v) is 12.1. The Balaban J connectivity index is 1.63. The molecule has 2 heterocycles. The summed E-state index contributed by atoms with van der Waals surface area (Å²) in [5, 5.41) is 0. The summed E-state index contributed by atoms with van der Waals surface area (Å²) in [5.74, 6) is -1.09. The fourth-order valence-corrected chi connectivity index (χ4v) is 3.96. The Hall–Kier alpha value is -1.10. The largest absolute Gasteiger partial charge is 0.463 e. The molecule has 3 fully saturated rings. The minimum atomic E-state index is -0.382. The molecule has 3 aliphatic rings. The number of ether oxygens (including phenoxy) is 3. The third-order valence-corrected chi connectivity index (χ3v) is 4.81. The van der Waals surface area contributed by atoms with Crippen molar-refractivity contribution in [3.05, 3.63) is 0 Å². The van der Waals surface area contributed by atoms with Crippen LogP contribution >= 0.6 is 0 Å². The summed E-state index contributed by atoms with van der Waals surface area (Å²) in [5.41, 5.74) is -0.382. The molecule has 1 aliphatic carbocycles. The summed E-state index contributed by atoms with van der Waals surface area (Å²) in [6, 6.07) is 0. The lowest BCUT2D eigenvalue weighted by Crippen LogP contribution is -2.41. The van der Waals surface area contributed by atoms with E-state index >= 15 is 0 Å². The molecular weight excluding hydrogens is 260 g/mol. The van der Waals surface area contributed by atoms with Crippen molar-refractivity contribution in [1.82, 2.24) is 0 Å². The summed E-state index contributed by atoms with van der Waals surface area (Å²) < 4.78 is 16.3. The Morgan fingerprint density at radius 3 is 2.95 bits per heavy atom. The highest BCUT2D eigenvalue weighted by molar-refractivity contribution is 5.84. The summed E-state index contributed by atoms with van der Waals surface area (Å²) in [6.07, 6.45) is 3.36. The maximum atomic E-state index is 12.3. The summed E-state index contributed by atoms with van der Waals surface area (Å²) in [6.45, 7) is 5.01. The van der Waals surface area contributed by atoms with Crippen LogP contribution < -0.4 is 0 Å². The minimum Gasteiger partial charge on any atom is -0.463 e. The molecule has 0 amide bonds. The average molecular weight is 282 g/mol. The number of carbonyl (C=O) groups excluding carboxylic acids is 2. The second kappa shape index (κ2) is 5.02. The van der Waals surface area contributed by atoms with Gasteiger partial charge in [-0.05, 0) is 32.1 Å². The first-order chi connectivity index (χ1) is 9.48. The van der Waals surface area contributed by atoms with Crippen molar-refractivity contribution in [3.63, 3.8) is 0 Å². The van der Waals surface area contributed by atoms with E-state index in [4.69, 9.17) is 14.2 Å². The van der Waals surface area contributed by atoms with E-state index in [1.807, 2.05) is 13.8 Å². The fourth-order valence-electron chi connectivity index (χ4n) is 3.96. The lowest BCUT2D eigenvalue weighted by molar-refractivity contribution is -0.159. The van der Waals surface area contributed by atoms with E-state index in [9.17, 15) is 9.59 Å². The lowest BCUT2D eigenvalue weighted by Gasteiger charge is -2.34. The first-order valence-electron chi connectivity index (χ1n) is 7.50. The number of carbonyl (C=O) groups is 2. The maximum Gasteiger partial charge on any atom is 0.310 e. The fraction of sp³-hybridized carbons (Fsp3) is 0.867. The van der Waals surface area contributed by atoms with Crippen molar-refractivity contribution in [3.8, 4) is 0 Å². The molecule has 2 aliphatic heterocycles. The number of hydrogen-bond donors (Lipinski definition) is 0. The highest BCUT2D eigenvalue weighted by atomic mass is 16.6. The second-order valence-corrected chi connectivity index (χ2v) is 6.65. The molecule has 0 spiro atoms. The molecule has 0 aromatic heterocycles. The highest BCUT2D eigenvalue weighted by Crippen LogP contribution is 2.48. The van der Waals surface area contributed by atoms with Crippen LogP contribution in [0.3, 0.4) is 0 Å². The van der Waals surface area contributed by atoms with E-state index in [0.717, 1.165) is 25.9 Å². The molecule has 1 saturated carbocycles. The molecule has 20 heavy (non-hydrogen) atoms. The molecule has 0 unspecified atom stereocenters. The molecule has 0 N–H and O–H groups in total. The van der Waals surface area contributed by atoms with Crippen LogP contribution in [0.25, 0.3) is 0 Å². The van der Waals surface area contributed by atoms with E-state index in [1.54, 1.807) is 0 Å². The second-order valence-electron chi connectivity index (χ2n) is 6.65. The van der Waals surface area contributed by atoms with Crippen LogP contribution in [0.1, 0.15) is 39.5 Å². The third kappa shape index (κ3) is 2.43. The summed E-state index contributed by atoms with van der Waals surface area (Å²) in [7, 11) is 0. The van der Waals surface area contributed by atoms with Crippen LogP contribution in [0, 0.1) is 17.8 Å². The predicted molar refractivity (Wildman–Crippen MR) is 69.8 cm³/mol. The normalized spacial score (nSPS) is 43.4. The van der Waals surface area contributed by atoms with Crippen molar-refractivity contribution in [2.75, 3.05) is 13.2 Å². The van der Waals surface area contributed by atoms with Crippen molar-refractivity contribution in [2.45, 2.75) is 51.2 Å². The van der Waals surface area contributed by atoms with E-state index < -0.39 is 0 Å². The van der Waals surface area contributed by atoms with Gasteiger partial charge in [-0.1, -0.05) is 6.92 Å². The molecule has 5 nitrogen and oxygen atoms in total. The van der Waals surface area contributed by atoms with Crippen LogP contribution in [-0.4, -0.2) is 36.9 Å². The first kappa shape index (κ1) is 13.9. The molecule has 0 aromatic rings. The monoisotopic (exact) mass is 282 g/mol. The van der Waals surface area contributed by atoms with Crippen LogP contribution in [0.5, 0.6) is 0 Å². The molecule has 0 radical (unpaired) electrons. The van der Waals surface area contributed by atoms with Gasteiger partial charge in [0.05, 0.1) is 17.9 Å². The van der Waals surface area contributed by atoms with E-state index in [-0.39, 0.29) is 41.4 Å². The average Bonchev–Trinajstić information content (AvgIpc) is 2.94. The molecule has 112 valence electrons. The van der Waals surface area contributed by atoms with E-state index in [2.05, 4.69) is 0 Å². The predicted octanol–water partition coefficient (Wildman–Crippen LogP) is 1.69. The topological polar surface area (TPSA) is 61.8 Å². The van der Waals surface area contributed by atoms with E-state index in [1.165, 1.54) is 0 Å². The Bertz CT molecular complexity index is 414. The molecule has 3 rings (SSSR count). The standard InChI is InChI=1S/C15H22O5/c1-9-6-15(2)7-11(13(16)20-15)12(9)14(17)19-8-10-4-3-5-18-10/h9-12H,3-8H2,1-2H3/t9-,10+,11-,12+,15+/m1/s1. The van der Waals surface area contributed by atoms with Crippen molar-refractivity contribution >= 4 is 11.9 Å². The van der Waals surface area contributed by atoms with Crippen molar-refractivity contribution in [2.24, 2.45) is 17.8 Å². The van der Waals surface area contributed by atoms with Crippen molar-refractivity contribution in [1.29, 1.82) is 0 Å². The Labute approximate surface area is 118 Å². The smallest absolute Gasteiger partial charge is 0.310 e. The van der Waals surface area contributed by atoms with Gasteiger partial charge in [0.1, 0.15) is 12.2 Å². The SMILES string of the molecule is C[C@@H]1C[C@@]2(C)C[C@@H](C(=O)O2)[C@H]1C(=O)OC[C@@H]1CCCO1. The first-order valence-corrected chi connectivity index (χ1v) is 7.50. The summed E-state index contributed by atoms with van der Waals surface area (Å²) >= 11 is 0. The van der Waals surface area contributed by atoms with Crippen LogP contribution in [0.4, 0.5) is 0 Å². The van der Waals surface area contributed by atoms with Gasteiger partial charge in [0, 0.05) is 13.0 Å². The molecule has 2 saturated heterocycles. The molecule has 5 heteroatoms. The quantitative estimate of drug-likeness (QED) is 0.737. The zero-order chi connectivity index (χ0) is 14.3. The van der Waals surface area contributed by atoms with Gasteiger partial charge in [-0.15, -0.1) is 0 Å². The Kier molecular flexibility index (Phi) is 3.48. The van der Waals surface area contributed by atoms with Crippen LogP contribution in [0.2, 0.25) is 0 Å². The number of fused-ring (bicyclic) bond motifs is 2. The van der Waals surface area contributed by atoms with Gasteiger partial charge in [-0.2, -0.15) is 0 Å². The zero-order valence-electron chi connectivity index (χ0n) is 12.1. The van der Waals surface area contributed by atoms with Crippen molar-refractivity contribution < 1.29 is 23.8 Å².